The Kier molecular flexibility index (Phi) is 5.83. The topological polar surface area (TPSA) is 50.2 Å². The van der Waals surface area contributed by atoms with Gasteiger partial charge in [-0.3, -0.25) is 9.69 Å². The zero-order chi connectivity index (χ0) is 18.5. The minimum absolute atomic E-state index is 0.0836. The number of amides is 1. The second-order valence-electron chi connectivity index (χ2n) is 6.74. The highest BCUT2D eigenvalue weighted by Crippen LogP contribution is 2.22. The Balaban J connectivity index is 1.59. The van der Waals surface area contributed by atoms with Gasteiger partial charge >= 0.3 is 0 Å². The Bertz CT molecular complexity index is 781. The van der Waals surface area contributed by atoms with E-state index in [0.717, 1.165) is 37.2 Å². The molecule has 0 radical (unpaired) electrons. The molecule has 1 N–H and O–H groups in total. The van der Waals surface area contributed by atoms with Gasteiger partial charge in [0.2, 0.25) is 5.91 Å². The molecule has 0 saturated heterocycles. The van der Waals surface area contributed by atoms with Crippen LogP contribution < -0.4 is 5.32 Å². The molecule has 5 nitrogen and oxygen atoms in total. The lowest BCUT2D eigenvalue weighted by Crippen LogP contribution is -2.42. The van der Waals surface area contributed by atoms with Gasteiger partial charge in [-0.1, -0.05) is 13.0 Å². The normalized spacial score (nSPS) is 16.2. The molecular formula is C20H25FN4O. The van der Waals surface area contributed by atoms with Crippen LogP contribution in [0.15, 0.2) is 42.7 Å². The van der Waals surface area contributed by atoms with Gasteiger partial charge in [0.1, 0.15) is 5.82 Å². The smallest absolute Gasteiger partial charge is 0.234 e. The van der Waals surface area contributed by atoms with Gasteiger partial charge in [-0.25, -0.2) is 9.07 Å². The Morgan fingerprint density at radius 1 is 1.35 bits per heavy atom. The third-order valence-electron chi connectivity index (χ3n) is 4.72. The van der Waals surface area contributed by atoms with Gasteiger partial charge in [0, 0.05) is 30.9 Å². The van der Waals surface area contributed by atoms with Gasteiger partial charge < -0.3 is 5.32 Å². The van der Waals surface area contributed by atoms with Crippen molar-refractivity contribution in [2.45, 2.75) is 32.7 Å². The summed E-state index contributed by atoms with van der Waals surface area (Å²) < 4.78 is 14.8. The summed E-state index contributed by atoms with van der Waals surface area (Å²) in [6, 6.07) is 6.49. The van der Waals surface area contributed by atoms with Crippen LogP contribution in [0.2, 0.25) is 0 Å². The Hall–Kier alpha value is -2.47. The van der Waals surface area contributed by atoms with E-state index in [-0.39, 0.29) is 17.8 Å². The third-order valence-corrected chi connectivity index (χ3v) is 4.72. The molecule has 1 unspecified atom stereocenters. The van der Waals surface area contributed by atoms with E-state index >= 15 is 0 Å². The number of nitrogens with one attached hydrogen (secondary N) is 1. The van der Waals surface area contributed by atoms with E-state index in [1.807, 2.05) is 19.3 Å². The van der Waals surface area contributed by atoms with Crippen LogP contribution in [-0.2, 0) is 4.79 Å². The molecule has 3 rings (SSSR count). The van der Waals surface area contributed by atoms with Crippen molar-refractivity contribution in [2.24, 2.45) is 0 Å². The molecular weight excluding hydrogens is 331 g/mol. The van der Waals surface area contributed by atoms with Crippen LogP contribution in [-0.4, -0.2) is 46.3 Å². The van der Waals surface area contributed by atoms with Crippen molar-refractivity contribution in [1.29, 1.82) is 0 Å². The third kappa shape index (κ3) is 4.58. The number of rotatable bonds is 6. The molecule has 1 aromatic heterocycles. The summed E-state index contributed by atoms with van der Waals surface area (Å²) in [5.41, 5.74) is 3.13. The molecule has 0 aliphatic carbocycles. The van der Waals surface area contributed by atoms with Gasteiger partial charge in [-0.15, -0.1) is 0 Å². The minimum atomic E-state index is -0.256. The summed E-state index contributed by atoms with van der Waals surface area (Å²) in [5, 5.41) is 7.38. The van der Waals surface area contributed by atoms with Crippen LogP contribution in [0.5, 0.6) is 0 Å². The summed E-state index contributed by atoms with van der Waals surface area (Å²) in [6.07, 6.45) is 7.77. The Labute approximate surface area is 153 Å². The number of benzene rings is 1. The van der Waals surface area contributed by atoms with E-state index in [1.165, 1.54) is 17.7 Å². The first-order valence-electron chi connectivity index (χ1n) is 9.07. The van der Waals surface area contributed by atoms with E-state index in [1.54, 1.807) is 16.8 Å². The fraction of sp³-hybridized carbons (Fsp3) is 0.400. The van der Waals surface area contributed by atoms with Gasteiger partial charge in [0.05, 0.1) is 18.4 Å². The van der Waals surface area contributed by atoms with E-state index < -0.39 is 0 Å². The zero-order valence-electron chi connectivity index (χ0n) is 15.3. The first kappa shape index (κ1) is 18.3. The fourth-order valence-corrected chi connectivity index (χ4v) is 2.97. The molecule has 2 aromatic rings. The monoisotopic (exact) mass is 356 g/mol. The molecule has 6 heteroatoms. The van der Waals surface area contributed by atoms with Crippen LogP contribution in [0.4, 0.5) is 4.39 Å². The number of hydrogen-bond donors (Lipinski definition) is 1. The van der Waals surface area contributed by atoms with Crippen molar-refractivity contribution < 1.29 is 9.18 Å². The van der Waals surface area contributed by atoms with Crippen LogP contribution in [0.1, 0.15) is 32.3 Å². The van der Waals surface area contributed by atoms with Gasteiger partial charge in [0.25, 0.3) is 0 Å². The second-order valence-corrected chi connectivity index (χ2v) is 6.74. The van der Waals surface area contributed by atoms with Gasteiger partial charge in [0.15, 0.2) is 0 Å². The Morgan fingerprint density at radius 2 is 2.12 bits per heavy atom. The molecule has 26 heavy (non-hydrogen) atoms. The average Bonchev–Trinajstić information content (AvgIpc) is 3.13. The molecule has 0 fully saturated rings. The van der Waals surface area contributed by atoms with Gasteiger partial charge in [-0.05, 0) is 49.6 Å². The van der Waals surface area contributed by atoms with Crippen LogP contribution in [0, 0.1) is 5.82 Å². The molecule has 1 atom stereocenters. The maximum Gasteiger partial charge on any atom is 0.234 e. The van der Waals surface area contributed by atoms with E-state index in [0.29, 0.717) is 6.54 Å². The van der Waals surface area contributed by atoms with Crippen molar-refractivity contribution in [1.82, 2.24) is 20.0 Å². The molecule has 138 valence electrons. The molecule has 0 saturated carbocycles. The lowest BCUT2D eigenvalue weighted by molar-refractivity contribution is -0.122. The van der Waals surface area contributed by atoms with E-state index in [9.17, 15) is 9.18 Å². The number of hydrogen-bond acceptors (Lipinski definition) is 3. The number of carbonyl (C=O) groups excluding carboxylic acids is 1. The number of halogens is 1. The lowest BCUT2D eigenvalue weighted by Gasteiger charge is -2.26. The largest absolute Gasteiger partial charge is 0.353 e. The quantitative estimate of drug-likeness (QED) is 0.866. The van der Waals surface area contributed by atoms with Crippen LogP contribution >= 0.6 is 0 Å². The van der Waals surface area contributed by atoms with E-state index in [2.05, 4.69) is 28.3 Å². The van der Waals surface area contributed by atoms with E-state index in [4.69, 9.17) is 0 Å². The highest BCUT2D eigenvalue weighted by atomic mass is 19.1. The standard InChI is InChI=1S/C20H25FN4O/c1-3-15(2)23-20(26)14-24-10-8-16(9-11-24)17-12-22-25(13-17)19-6-4-18(21)5-7-19/h4-8,12-13,15H,3,9-11,14H2,1-2H3,(H,23,26). The summed E-state index contributed by atoms with van der Waals surface area (Å²) in [7, 11) is 0. The zero-order valence-corrected chi connectivity index (χ0v) is 15.3. The highest BCUT2D eigenvalue weighted by molar-refractivity contribution is 5.78. The molecule has 1 aliphatic rings. The van der Waals surface area contributed by atoms with Crippen LogP contribution in [0.25, 0.3) is 11.3 Å². The Morgan fingerprint density at radius 3 is 2.77 bits per heavy atom. The summed E-state index contributed by atoms with van der Waals surface area (Å²) in [4.78, 5) is 14.1. The van der Waals surface area contributed by atoms with Crippen molar-refractivity contribution in [3.05, 3.63) is 54.1 Å². The SMILES string of the molecule is CCC(C)NC(=O)CN1CC=C(c2cnn(-c3ccc(F)cc3)c2)CC1. The van der Waals surface area contributed by atoms with Crippen molar-refractivity contribution in [3.8, 4) is 5.69 Å². The number of nitrogens with zero attached hydrogens (tertiary/aromatic N) is 3. The average molecular weight is 356 g/mol. The maximum atomic E-state index is 13.0. The van der Waals surface area contributed by atoms with Crippen LogP contribution in [0.3, 0.4) is 0 Å². The molecule has 0 bridgehead atoms. The molecule has 0 spiro atoms. The summed E-state index contributed by atoms with van der Waals surface area (Å²) in [6.45, 7) is 6.12. The molecule has 1 amide bonds. The first-order chi connectivity index (χ1) is 12.5. The number of aromatic nitrogens is 2. The predicted octanol–water partition coefficient (Wildman–Crippen LogP) is 3.02. The fourth-order valence-electron chi connectivity index (χ4n) is 2.97. The summed E-state index contributed by atoms with van der Waals surface area (Å²) in [5.74, 6) is -0.172. The molecule has 2 heterocycles. The number of carbonyl (C=O) groups is 1. The minimum Gasteiger partial charge on any atom is -0.353 e. The molecule has 1 aromatic carbocycles. The van der Waals surface area contributed by atoms with Crippen molar-refractivity contribution in [3.63, 3.8) is 0 Å². The summed E-state index contributed by atoms with van der Waals surface area (Å²) >= 11 is 0. The second kappa shape index (κ2) is 8.27. The van der Waals surface area contributed by atoms with Crippen molar-refractivity contribution >= 4 is 11.5 Å². The van der Waals surface area contributed by atoms with Gasteiger partial charge in [-0.2, -0.15) is 5.10 Å². The molecule has 1 aliphatic heterocycles. The van der Waals surface area contributed by atoms with Crippen molar-refractivity contribution in [2.75, 3.05) is 19.6 Å². The predicted molar refractivity (Wildman–Crippen MR) is 100 cm³/mol. The highest BCUT2D eigenvalue weighted by Gasteiger charge is 2.17. The lowest BCUT2D eigenvalue weighted by atomic mass is 10.0. The first-order valence-corrected chi connectivity index (χ1v) is 9.07. The maximum absolute atomic E-state index is 13.0.